The Labute approximate surface area is 608 Å². The summed E-state index contributed by atoms with van der Waals surface area (Å²) in [5, 5.41) is 11.4. The van der Waals surface area contributed by atoms with Crippen LogP contribution in [0.3, 0.4) is 0 Å². The number of hydrogen-bond donors (Lipinski definition) is 3. The fraction of sp³-hybridized carbons (Fsp3) is 0.487. The first-order valence-corrected chi connectivity index (χ1v) is 37.1. The largest absolute Gasteiger partial charge is 0.493 e. The van der Waals surface area contributed by atoms with Crippen LogP contribution in [0.4, 0.5) is 11.5 Å². The monoisotopic (exact) mass is 1460 g/mol. The normalized spacial score (nSPS) is 13.7. The highest BCUT2D eigenvalue weighted by molar-refractivity contribution is 7.92. The first-order valence-electron chi connectivity index (χ1n) is 35.6. The lowest BCUT2D eigenvalue weighted by Gasteiger charge is -2.35. The Morgan fingerprint density at radius 1 is 0.663 bits per heavy atom. The summed E-state index contributed by atoms with van der Waals surface area (Å²) in [6.07, 6.45) is 9.16. The van der Waals surface area contributed by atoms with E-state index in [1.54, 1.807) is 50.6 Å². The number of unbranched alkanes of at least 4 members (excludes halogenated alkanes) is 1. The lowest BCUT2D eigenvalue weighted by atomic mass is 9.88. The number of rotatable bonds is 43. The molecule has 1 saturated heterocycles. The lowest BCUT2D eigenvalue weighted by molar-refractivity contribution is -0.123. The Hall–Kier alpha value is -9.16. The van der Waals surface area contributed by atoms with Gasteiger partial charge in [0.15, 0.2) is 28.8 Å². The second-order valence-corrected chi connectivity index (χ2v) is 27.9. The molecule has 0 unspecified atom stereocenters. The number of likely N-dealkylation sites (N-methyl/N-ethyl adjacent to an activating group) is 1. The molecule has 4 heterocycles. The maximum absolute atomic E-state index is 13.9. The molecule has 1 aliphatic carbocycles. The molecule has 4 aromatic carbocycles. The third-order valence-corrected chi connectivity index (χ3v) is 19.3. The van der Waals surface area contributed by atoms with Gasteiger partial charge < -0.3 is 58.2 Å². The molecule has 0 bridgehead atoms. The fourth-order valence-corrected chi connectivity index (χ4v) is 13.5. The summed E-state index contributed by atoms with van der Waals surface area (Å²) in [6, 6.07) is 20.7. The van der Waals surface area contributed by atoms with Gasteiger partial charge in [-0.1, -0.05) is 18.6 Å². The van der Waals surface area contributed by atoms with E-state index in [2.05, 4.69) is 56.2 Å². The molecule has 27 nitrogen and oxygen atoms in total. The highest BCUT2D eigenvalue weighted by Crippen LogP contribution is 2.40. The number of ketones is 2. The van der Waals surface area contributed by atoms with Crippen molar-refractivity contribution in [2.45, 2.75) is 90.5 Å². The number of allylic oxidation sites excluding steroid dienone is 4. The topological polar surface area (TPSA) is 289 Å². The molecule has 1 aliphatic heterocycles. The smallest absolute Gasteiger partial charge is 0.328 e. The van der Waals surface area contributed by atoms with Gasteiger partial charge in [0.05, 0.1) is 120 Å². The average Bonchev–Trinajstić information content (AvgIpc) is 1.57. The number of methoxy groups -OCH3 is 2. The molecule has 0 saturated carbocycles. The highest BCUT2D eigenvalue weighted by atomic mass is 32.2. The van der Waals surface area contributed by atoms with Gasteiger partial charge in [0, 0.05) is 138 Å². The molecule has 2 aliphatic rings. The van der Waals surface area contributed by atoms with Gasteiger partial charge in [-0.2, -0.15) is 5.10 Å². The molecule has 1 fully saturated rings. The average molecular weight is 1460 g/mol. The minimum atomic E-state index is -4.22. The van der Waals surface area contributed by atoms with E-state index in [1.165, 1.54) is 41.6 Å². The Bertz CT molecular complexity index is 4330. The van der Waals surface area contributed by atoms with Crippen molar-refractivity contribution in [1.82, 2.24) is 44.3 Å². The van der Waals surface area contributed by atoms with E-state index in [0.717, 1.165) is 90.1 Å². The molecule has 7 aromatic rings. The molecular weight excluding hydrogens is 1350 g/mol. The van der Waals surface area contributed by atoms with Crippen LogP contribution in [0.25, 0.3) is 33.1 Å². The van der Waals surface area contributed by atoms with E-state index in [-0.39, 0.29) is 76.6 Å². The van der Waals surface area contributed by atoms with Gasteiger partial charge in [-0.25, -0.2) is 18.2 Å². The van der Waals surface area contributed by atoms with Crippen LogP contribution in [0.2, 0.25) is 0 Å². The van der Waals surface area contributed by atoms with Gasteiger partial charge in [-0.3, -0.25) is 47.5 Å². The number of piperazine rings is 1. The Morgan fingerprint density at radius 3 is 1.99 bits per heavy atom. The van der Waals surface area contributed by atoms with E-state index in [4.69, 9.17) is 47.6 Å². The van der Waals surface area contributed by atoms with E-state index in [0.29, 0.717) is 145 Å². The van der Waals surface area contributed by atoms with Crippen molar-refractivity contribution in [3.8, 4) is 45.6 Å². The number of carbonyl (C=O) groups is 4. The number of pyridine rings is 1. The Balaban J connectivity index is 0.579. The zero-order valence-corrected chi connectivity index (χ0v) is 62.5. The van der Waals surface area contributed by atoms with Crippen molar-refractivity contribution in [1.29, 1.82) is 0 Å². The van der Waals surface area contributed by atoms with Gasteiger partial charge in [0.1, 0.15) is 23.1 Å². The number of sulfonamides is 1. The molecule has 2 amide bonds. The van der Waals surface area contributed by atoms with Gasteiger partial charge in [0.25, 0.3) is 10.0 Å². The second kappa shape index (κ2) is 38.6. The van der Waals surface area contributed by atoms with Crippen molar-refractivity contribution in [3.05, 3.63) is 124 Å². The first-order chi connectivity index (χ1) is 50.1. The number of benzene rings is 4. The first kappa shape index (κ1) is 79.0. The zero-order chi connectivity index (χ0) is 74.3. The van der Waals surface area contributed by atoms with Crippen molar-refractivity contribution in [2.24, 2.45) is 14.1 Å². The van der Waals surface area contributed by atoms with E-state index < -0.39 is 10.0 Å². The molecule has 3 aromatic heterocycles. The number of fused-ring (bicyclic) bond motifs is 2. The van der Waals surface area contributed by atoms with Crippen LogP contribution in [-0.2, 0) is 57.4 Å². The number of anilines is 2. The molecule has 28 heteroatoms. The number of amides is 2. The zero-order valence-electron chi connectivity index (χ0n) is 61.6. The molecule has 0 spiro atoms. The molecule has 9 rings (SSSR count). The maximum atomic E-state index is 13.9. The van der Waals surface area contributed by atoms with Crippen molar-refractivity contribution in [3.63, 3.8) is 0 Å². The van der Waals surface area contributed by atoms with Crippen LogP contribution in [0.5, 0.6) is 34.5 Å². The predicted molar refractivity (Wildman–Crippen MR) is 399 cm³/mol. The number of hydrogen-bond acceptors (Lipinski definition) is 21. The van der Waals surface area contributed by atoms with Gasteiger partial charge in [0.2, 0.25) is 11.8 Å². The molecule has 0 radical (unpaired) electrons. The fourth-order valence-electron chi connectivity index (χ4n) is 12.4. The summed E-state index contributed by atoms with van der Waals surface area (Å²) in [5.74, 6) is 2.74. The Morgan fingerprint density at radius 2 is 1.33 bits per heavy atom. The summed E-state index contributed by atoms with van der Waals surface area (Å²) in [7, 11) is 3.75. The van der Waals surface area contributed by atoms with Gasteiger partial charge in [-0.15, -0.1) is 0 Å². The summed E-state index contributed by atoms with van der Waals surface area (Å²) < 4.78 is 87.0. The number of nitrogens with zero attached hydrogens (tertiary/aromatic N) is 8. The molecule has 0 atom stereocenters. The van der Waals surface area contributed by atoms with Crippen LogP contribution in [0.1, 0.15) is 96.0 Å². The van der Waals surface area contributed by atoms with Crippen molar-refractivity contribution < 1.29 is 70.2 Å². The number of ether oxygens (including phenoxy) is 9. The van der Waals surface area contributed by atoms with Crippen LogP contribution in [0.15, 0.2) is 118 Å². The third kappa shape index (κ3) is 22.0. The number of Topliss-reactive ketones (excluding diaryl/α,β-unsaturated/α-hetero) is 2. The molecule has 104 heavy (non-hydrogen) atoms. The predicted octanol–water partition coefficient (Wildman–Crippen LogP) is 9.07. The van der Waals surface area contributed by atoms with Crippen molar-refractivity contribution >= 4 is 66.8 Å². The van der Waals surface area contributed by atoms with E-state index >= 15 is 0 Å². The van der Waals surface area contributed by atoms with E-state index in [9.17, 15) is 32.4 Å². The van der Waals surface area contributed by atoms with Crippen LogP contribution >= 0.6 is 0 Å². The number of carbonyl (C=O) groups excluding carboxylic acids is 4. The van der Waals surface area contributed by atoms with Gasteiger partial charge >= 0.3 is 5.69 Å². The van der Waals surface area contributed by atoms with Gasteiger partial charge in [-0.05, 0) is 126 Å². The van der Waals surface area contributed by atoms with Crippen LogP contribution < -0.4 is 49.6 Å². The summed E-state index contributed by atoms with van der Waals surface area (Å²) in [4.78, 5) is 76.3. The summed E-state index contributed by atoms with van der Waals surface area (Å²) in [5.41, 5.74) is 6.75. The van der Waals surface area contributed by atoms with Crippen LogP contribution in [0, 0.1) is 0 Å². The lowest BCUT2D eigenvalue weighted by Crippen LogP contribution is -2.48. The number of imidazole rings is 1. The molecular formula is C76H101N11O16S. The standard InChI is InChI=1S/C76H101N11O16S/c1-11-29-101-57-43-58(45-59(44-57)103-71-48-67-66(83(7)76(92)84(67)8)47-64(71)81-104(93,94)60-15-18-70(95-9)72(46-60)96-10)102-30-13-12-23-82(6)51-75(91)78-22-32-98-34-36-100-38-37-99-35-33-97-31-20-74(90)77-21-24-85-25-27-86(28-26-85)73-19-14-55(49-79-73)56-41-62(63-50-80-87(52(2)3)65(63)42-56)68(88)17-16-61-54(5)39-53(4)40-69(61)89/h14-15,18-19,39,41-50,52,81H,11-13,16-17,20-38,40,51H2,1-10H3,(H,77,90)(H,78,91). The minimum Gasteiger partial charge on any atom is -0.493 e. The van der Waals surface area contributed by atoms with Crippen molar-refractivity contribution in [2.75, 3.05) is 156 Å². The van der Waals surface area contributed by atoms with Crippen LogP contribution in [-0.4, -0.2) is 212 Å². The summed E-state index contributed by atoms with van der Waals surface area (Å²) >= 11 is 0. The quantitative estimate of drug-likeness (QED) is 0.0237. The SMILES string of the molecule is CCCOc1cc(OCCCCN(C)CC(=O)NCCOCCOCCOCCOCCC(=O)NCCN2CCN(c3ccc(-c4cc(C(=O)CCC5=C(C)C=C(C)CC5=O)c5cnn(C(C)C)c5c4)cn3)CC2)cc(Oc2cc3c(cc2NS(=O)(=O)c2ccc(OC)c(OC)c2)n(C)c(=O)n3C)c1. The van der Waals surface area contributed by atoms with E-state index in [1.807, 2.05) is 61.8 Å². The highest BCUT2D eigenvalue weighted by Gasteiger charge is 2.26. The molecule has 562 valence electrons. The minimum absolute atomic E-state index is 0.0192. The number of nitrogens with one attached hydrogen (secondary N) is 3. The Kier molecular flexibility index (Phi) is 29.3. The number of aromatic nitrogens is 5. The summed E-state index contributed by atoms with van der Waals surface area (Å²) in [6.45, 7) is 19.5. The maximum Gasteiger partial charge on any atom is 0.328 e. The second-order valence-electron chi connectivity index (χ2n) is 26.2. The number of aryl methyl sites for hydroxylation is 2. The molecule has 3 N–H and O–H groups in total. The third-order valence-electron chi connectivity index (χ3n) is 18.0.